The molecule has 2 heterocycles. The SMILES string of the molecule is O=C(O)[C@H]1O[C@@H](Oc2ccc3c(c2)[C@@]24CCCC[C@@H]2[C@H](C3)N(C(=O)OCc2ccccc2)CC4)[C@H](O)[C@@H](O)[C@@H]1O. The maximum absolute atomic E-state index is 13.3. The Morgan fingerprint density at radius 1 is 1.00 bits per heavy atom. The van der Waals surface area contributed by atoms with Crippen molar-refractivity contribution in [2.24, 2.45) is 5.92 Å². The van der Waals surface area contributed by atoms with E-state index in [1.807, 2.05) is 47.4 Å². The van der Waals surface area contributed by atoms with Gasteiger partial charge in [0.1, 0.15) is 30.7 Å². The highest BCUT2D eigenvalue weighted by Gasteiger charge is 2.55. The standard InChI is InChI=1S/C30H35NO9/c32-23-24(33)26(27(35)36)40-28(25(23)34)39-19-10-9-18-14-22-20-8-4-5-11-30(20,21(18)15-19)12-13-31(22)29(37)38-16-17-6-2-1-3-7-17/h1-3,6-7,9-10,15,20,22-26,28,32-34H,4-5,8,11-14,16H2,(H,35,36)/t20-,22+,23+,24+,25-,26+,28-,30-/m1/s1. The van der Waals surface area contributed by atoms with E-state index in [1.165, 1.54) is 0 Å². The van der Waals surface area contributed by atoms with E-state index >= 15 is 0 Å². The molecule has 2 bridgehead atoms. The largest absolute Gasteiger partial charge is 0.479 e. The molecule has 0 spiro atoms. The Balaban J connectivity index is 1.24. The first-order chi connectivity index (χ1) is 19.3. The molecule has 2 aliphatic carbocycles. The van der Waals surface area contributed by atoms with Gasteiger partial charge in [-0.25, -0.2) is 9.59 Å². The minimum atomic E-state index is -1.78. The number of carboxylic acids is 1. The van der Waals surface area contributed by atoms with Crippen LogP contribution in [0, 0.1) is 5.92 Å². The van der Waals surface area contributed by atoms with Crippen LogP contribution < -0.4 is 4.74 Å². The second kappa shape index (κ2) is 10.7. The number of hydrogen-bond acceptors (Lipinski definition) is 8. The van der Waals surface area contributed by atoms with E-state index in [0.29, 0.717) is 18.7 Å². The number of benzene rings is 2. The van der Waals surface area contributed by atoms with Gasteiger partial charge < -0.3 is 39.5 Å². The Kier molecular flexibility index (Phi) is 7.20. The van der Waals surface area contributed by atoms with Crippen LogP contribution in [0.4, 0.5) is 4.79 Å². The Hall–Kier alpha value is -3.18. The predicted molar refractivity (Wildman–Crippen MR) is 140 cm³/mol. The van der Waals surface area contributed by atoms with Crippen LogP contribution in [0.2, 0.25) is 0 Å². The summed E-state index contributed by atoms with van der Waals surface area (Å²) in [6.07, 6.45) is -2.95. The summed E-state index contributed by atoms with van der Waals surface area (Å²) in [7, 11) is 0. The fraction of sp³-hybridized carbons (Fsp3) is 0.533. The molecule has 40 heavy (non-hydrogen) atoms. The number of ether oxygens (including phenoxy) is 3. The molecule has 8 atom stereocenters. The third-order valence-corrected chi connectivity index (χ3v) is 9.31. The van der Waals surface area contributed by atoms with E-state index < -0.39 is 36.7 Å². The average molecular weight is 554 g/mol. The van der Waals surface area contributed by atoms with Crippen molar-refractivity contribution in [3.05, 3.63) is 65.2 Å². The van der Waals surface area contributed by atoms with Gasteiger partial charge in [-0.05, 0) is 60.4 Å². The minimum Gasteiger partial charge on any atom is -0.479 e. The zero-order valence-electron chi connectivity index (χ0n) is 22.1. The monoisotopic (exact) mass is 553 g/mol. The Bertz CT molecular complexity index is 1250. The van der Waals surface area contributed by atoms with Gasteiger partial charge in [0.15, 0.2) is 6.10 Å². The summed E-state index contributed by atoms with van der Waals surface area (Å²) in [5, 5.41) is 40.0. The number of amides is 1. The number of fused-ring (bicyclic) bond motifs is 1. The molecule has 0 unspecified atom stereocenters. The summed E-state index contributed by atoms with van der Waals surface area (Å²) in [5.41, 5.74) is 3.10. The van der Waals surface area contributed by atoms with Gasteiger partial charge in [-0.15, -0.1) is 0 Å². The molecule has 4 aliphatic rings. The number of aliphatic carboxylic acids is 1. The van der Waals surface area contributed by atoms with Crippen LogP contribution in [0.25, 0.3) is 0 Å². The number of nitrogens with zero attached hydrogens (tertiary/aromatic N) is 1. The summed E-state index contributed by atoms with van der Waals surface area (Å²) in [4.78, 5) is 26.7. The quantitative estimate of drug-likeness (QED) is 0.438. The predicted octanol–water partition coefficient (Wildman–Crippen LogP) is 2.35. The number of hydrogen-bond donors (Lipinski definition) is 4. The van der Waals surface area contributed by atoms with Gasteiger partial charge in [-0.3, -0.25) is 0 Å². The molecular formula is C30H35NO9. The van der Waals surface area contributed by atoms with Gasteiger partial charge in [-0.2, -0.15) is 0 Å². The van der Waals surface area contributed by atoms with Crippen molar-refractivity contribution in [3.8, 4) is 5.75 Å². The van der Waals surface area contributed by atoms with E-state index in [2.05, 4.69) is 0 Å². The lowest BCUT2D eigenvalue weighted by atomic mass is 9.52. The summed E-state index contributed by atoms with van der Waals surface area (Å²) in [6.45, 7) is 0.827. The van der Waals surface area contributed by atoms with Crippen LogP contribution in [0.1, 0.15) is 48.8 Å². The molecule has 1 amide bonds. The molecule has 2 saturated heterocycles. The third-order valence-electron chi connectivity index (χ3n) is 9.31. The molecule has 10 heteroatoms. The van der Waals surface area contributed by atoms with Crippen molar-refractivity contribution in [1.29, 1.82) is 0 Å². The number of rotatable bonds is 5. The van der Waals surface area contributed by atoms with Crippen molar-refractivity contribution in [2.45, 2.75) is 87.3 Å². The molecule has 2 aromatic rings. The van der Waals surface area contributed by atoms with E-state index in [0.717, 1.165) is 48.8 Å². The highest BCUT2D eigenvalue weighted by atomic mass is 16.7. The Morgan fingerprint density at radius 2 is 1.80 bits per heavy atom. The lowest BCUT2D eigenvalue weighted by Gasteiger charge is -2.58. The first-order valence-electron chi connectivity index (χ1n) is 14.0. The smallest absolute Gasteiger partial charge is 0.410 e. The van der Waals surface area contributed by atoms with Crippen LogP contribution >= 0.6 is 0 Å². The number of likely N-dealkylation sites (tertiary alicyclic amines) is 1. The van der Waals surface area contributed by atoms with Crippen molar-refractivity contribution in [3.63, 3.8) is 0 Å². The fourth-order valence-corrected chi connectivity index (χ4v) is 7.37. The van der Waals surface area contributed by atoms with Crippen molar-refractivity contribution < 1.29 is 44.2 Å². The van der Waals surface area contributed by atoms with Gasteiger partial charge in [-0.1, -0.05) is 49.2 Å². The second-order valence-corrected chi connectivity index (χ2v) is 11.4. The highest BCUT2D eigenvalue weighted by molar-refractivity contribution is 5.73. The molecule has 214 valence electrons. The number of carboxylic acid groups (broad SMARTS) is 1. The van der Waals surface area contributed by atoms with Gasteiger partial charge >= 0.3 is 12.1 Å². The van der Waals surface area contributed by atoms with Gasteiger partial charge in [0, 0.05) is 18.0 Å². The van der Waals surface area contributed by atoms with Crippen LogP contribution in [0.5, 0.6) is 5.75 Å². The third kappa shape index (κ3) is 4.62. The topological polar surface area (TPSA) is 146 Å². The first-order valence-corrected chi connectivity index (χ1v) is 14.0. The molecule has 10 nitrogen and oxygen atoms in total. The fourth-order valence-electron chi connectivity index (χ4n) is 7.37. The molecule has 3 fully saturated rings. The molecule has 2 aliphatic heterocycles. The highest BCUT2D eigenvalue weighted by Crippen LogP contribution is 2.56. The van der Waals surface area contributed by atoms with Crippen LogP contribution in [-0.2, 0) is 32.7 Å². The van der Waals surface area contributed by atoms with Crippen LogP contribution in [0.3, 0.4) is 0 Å². The maximum Gasteiger partial charge on any atom is 0.410 e. The van der Waals surface area contributed by atoms with Gasteiger partial charge in [0.05, 0.1) is 0 Å². The average Bonchev–Trinajstić information content (AvgIpc) is 2.97. The number of piperidine rings is 1. The number of carbonyl (C=O) groups is 2. The molecule has 1 saturated carbocycles. The Morgan fingerprint density at radius 3 is 2.58 bits per heavy atom. The number of aliphatic hydroxyl groups excluding tert-OH is 3. The van der Waals surface area contributed by atoms with E-state index in [4.69, 9.17) is 14.2 Å². The van der Waals surface area contributed by atoms with Gasteiger partial charge in [0.25, 0.3) is 0 Å². The normalized spacial score (nSPS) is 34.8. The molecular weight excluding hydrogens is 518 g/mol. The van der Waals surface area contributed by atoms with Crippen LogP contribution in [-0.4, -0.2) is 80.7 Å². The summed E-state index contributed by atoms with van der Waals surface area (Å²) >= 11 is 0. The van der Waals surface area contributed by atoms with E-state index in [1.54, 1.807) is 6.07 Å². The zero-order chi connectivity index (χ0) is 28.0. The lowest BCUT2D eigenvalue weighted by molar-refractivity contribution is -0.271. The molecule has 2 aromatic carbocycles. The maximum atomic E-state index is 13.3. The van der Waals surface area contributed by atoms with Crippen molar-refractivity contribution in [1.82, 2.24) is 4.90 Å². The van der Waals surface area contributed by atoms with E-state index in [-0.39, 0.29) is 30.1 Å². The van der Waals surface area contributed by atoms with Gasteiger partial charge in [0.2, 0.25) is 6.29 Å². The molecule has 6 rings (SSSR count). The molecule has 4 N–H and O–H groups in total. The number of aliphatic hydroxyl groups is 3. The summed E-state index contributed by atoms with van der Waals surface area (Å²) in [5.74, 6) is -0.800. The second-order valence-electron chi connectivity index (χ2n) is 11.4. The minimum absolute atomic E-state index is 0.0352. The Labute approximate surface area is 232 Å². The zero-order valence-corrected chi connectivity index (χ0v) is 22.1. The van der Waals surface area contributed by atoms with Crippen molar-refractivity contribution >= 4 is 12.1 Å². The summed E-state index contributed by atoms with van der Waals surface area (Å²) in [6, 6.07) is 15.3. The van der Waals surface area contributed by atoms with Crippen molar-refractivity contribution in [2.75, 3.05) is 6.54 Å². The summed E-state index contributed by atoms with van der Waals surface area (Å²) < 4.78 is 17.0. The van der Waals surface area contributed by atoms with Crippen LogP contribution in [0.15, 0.2) is 48.5 Å². The van der Waals surface area contributed by atoms with E-state index in [9.17, 15) is 30.0 Å². The lowest BCUT2D eigenvalue weighted by Crippen LogP contribution is -2.62. The molecule has 0 radical (unpaired) electrons. The number of carbonyl (C=O) groups excluding carboxylic acids is 1. The molecule has 0 aromatic heterocycles. The first kappa shape index (κ1) is 27.0.